The Bertz CT molecular complexity index is 780. The van der Waals surface area contributed by atoms with Crippen LogP contribution in [-0.2, 0) is 26.8 Å². The summed E-state index contributed by atoms with van der Waals surface area (Å²) in [6.45, 7) is 1.09. The van der Waals surface area contributed by atoms with Crippen molar-refractivity contribution in [3.8, 4) is 0 Å². The zero-order valence-corrected chi connectivity index (χ0v) is 12.9. The SMILES string of the molecule is O=S(=O)(c1ccco1)N1CCO[C@@]2(CCc3ccccc32)C1. The molecule has 4 rings (SSSR count). The van der Waals surface area contributed by atoms with E-state index < -0.39 is 15.6 Å². The molecular formula is C16H17NO4S. The van der Waals surface area contributed by atoms with Gasteiger partial charge in [0, 0.05) is 13.1 Å². The maximum Gasteiger partial charge on any atom is 0.276 e. The topological polar surface area (TPSA) is 59.8 Å². The highest BCUT2D eigenvalue weighted by atomic mass is 32.2. The van der Waals surface area contributed by atoms with Gasteiger partial charge in [0.1, 0.15) is 5.60 Å². The molecule has 1 aliphatic carbocycles. The third-order valence-electron chi connectivity index (χ3n) is 4.55. The third kappa shape index (κ3) is 2.02. The predicted octanol–water partition coefficient (Wildman–Crippen LogP) is 2.14. The number of hydrogen-bond donors (Lipinski definition) is 0. The zero-order valence-electron chi connectivity index (χ0n) is 12.1. The number of morpholine rings is 1. The van der Waals surface area contributed by atoms with Crippen molar-refractivity contribution < 1.29 is 17.6 Å². The van der Waals surface area contributed by atoms with Crippen LogP contribution < -0.4 is 0 Å². The van der Waals surface area contributed by atoms with E-state index in [-0.39, 0.29) is 5.09 Å². The predicted molar refractivity (Wildman–Crippen MR) is 79.9 cm³/mol. The Hall–Kier alpha value is -1.63. The number of furan rings is 1. The number of rotatable bonds is 2. The molecule has 6 heteroatoms. The van der Waals surface area contributed by atoms with Gasteiger partial charge in [-0.2, -0.15) is 4.31 Å². The molecule has 2 aliphatic rings. The molecule has 2 aromatic rings. The summed E-state index contributed by atoms with van der Waals surface area (Å²) in [5.41, 5.74) is 1.85. The van der Waals surface area contributed by atoms with E-state index >= 15 is 0 Å². The molecule has 1 spiro atoms. The van der Waals surface area contributed by atoms with E-state index in [9.17, 15) is 8.42 Å². The van der Waals surface area contributed by atoms with Crippen molar-refractivity contribution >= 4 is 10.0 Å². The molecule has 0 saturated carbocycles. The maximum atomic E-state index is 12.7. The molecule has 0 bridgehead atoms. The van der Waals surface area contributed by atoms with Crippen LogP contribution in [0.5, 0.6) is 0 Å². The van der Waals surface area contributed by atoms with Crippen molar-refractivity contribution in [3.05, 3.63) is 53.8 Å². The Morgan fingerprint density at radius 2 is 2.00 bits per heavy atom. The summed E-state index contributed by atoms with van der Waals surface area (Å²) >= 11 is 0. The van der Waals surface area contributed by atoms with E-state index in [1.807, 2.05) is 18.2 Å². The lowest BCUT2D eigenvalue weighted by molar-refractivity contribution is -0.0935. The fourth-order valence-electron chi connectivity index (χ4n) is 3.46. The highest BCUT2D eigenvalue weighted by Gasteiger charge is 2.46. The van der Waals surface area contributed by atoms with Crippen LogP contribution in [0.1, 0.15) is 17.5 Å². The first kappa shape index (κ1) is 14.0. The molecule has 0 radical (unpaired) electrons. The van der Waals surface area contributed by atoms with Gasteiger partial charge in [-0.05, 0) is 36.1 Å². The highest BCUT2D eigenvalue weighted by Crippen LogP contribution is 2.43. The van der Waals surface area contributed by atoms with E-state index in [0.29, 0.717) is 19.7 Å². The minimum absolute atomic E-state index is 0.00386. The summed E-state index contributed by atoms with van der Waals surface area (Å²) in [6.07, 6.45) is 3.12. The van der Waals surface area contributed by atoms with Gasteiger partial charge in [-0.1, -0.05) is 24.3 Å². The van der Waals surface area contributed by atoms with Crippen LogP contribution in [-0.4, -0.2) is 32.4 Å². The number of aryl methyl sites for hydroxylation is 1. The highest BCUT2D eigenvalue weighted by molar-refractivity contribution is 7.89. The second-order valence-electron chi connectivity index (χ2n) is 5.77. The molecule has 1 fully saturated rings. The van der Waals surface area contributed by atoms with Crippen molar-refractivity contribution in [2.75, 3.05) is 19.7 Å². The van der Waals surface area contributed by atoms with Crippen molar-refractivity contribution in [1.82, 2.24) is 4.31 Å². The first-order valence-electron chi connectivity index (χ1n) is 7.38. The average Bonchev–Trinajstić information content (AvgIpc) is 3.18. The molecule has 1 aromatic heterocycles. The zero-order chi connectivity index (χ0) is 15.2. The number of benzene rings is 1. The van der Waals surface area contributed by atoms with Gasteiger partial charge >= 0.3 is 0 Å². The van der Waals surface area contributed by atoms with Gasteiger partial charge in [-0.3, -0.25) is 0 Å². The van der Waals surface area contributed by atoms with Gasteiger partial charge in [-0.25, -0.2) is 8.42 Å². The van der Waals surface area contributed by atoms with Crippen molar-refractivity contribution in [2.24, 2.45) is 0 Å². The van der Waals surface area contributed by atoms with Gasteiger partial charge in [0.15, 0.2) is 0 Å². The fraction of sp³-hybridized carbons (Fsp3) is 0.375. The minimum Gasteiger partial charge on any atom is -0.452 e. The number of ether oxygens (including phenoxy) is 1. The average molecular weight is 319 g/mol. The van der Waals surface area contributed by atoms with Crippen LogP contribution >= 0.6 is 0 Å². The van der Waals surface area contributed by atoms with Crippen molar-refractivity contribution in [1.29, 1.82) is 0 Å². The van der Waals surface area contributed by atoms with E-state index in [1.54, 1.807) is 6.07 Å². The van der Waals surface area contributed by atoms with Crippen molar-refractivity contribution in [3.63, 3.8) is 0 Å². The smallest absolute Gasteiger partial charge is 0.276 e. The summed E-state index contributed by atoms with van der Waals surface area (Å²) < 4.78 is 38.0. The molecule has 22 heavy (non-hydrogen) atoms. The Morgan fingerprint density at radius 3 is 2.82 bits per heavy atom. The summed E-state index contributed by atoms with van der Waals surface area (Å²) in [5, 5.41) is -0.00386. The van der Waals surface area contributed by atoms with Crippen LogP contribution in [0.2, 0.25) is 0 Å². The lowest BCUT2D eigenvalue weighted by Gasteiger charge is -2.40. The summed E-state index contributed by atoms with van der Waals surface area (Å²) in [7, 11) is -3.60. The largest absolute Gasteiger partial charge is 0.452 e. The molecule has 116 valence electrons. The molecule has 1 atom stereocenters. The molecule has 2 heterocycles. The van der Waals surface area contributed by atoms with E-state index in [1.165, 1.54) is 22.2 Å². The van der Waals surface area contributed by atoms with E-state index in [4.69, 9.17) is 9.15 Å². The second kappa shape index (κ2) is 4.94. The van der Waals surface area contributed by atoms with Crippen LogP contribution in [0, 0.1) is 0 Å². The lowest BCUT2D eigenvalue weighted by Crippen LogP contribution is -2.50. The quantitative estimate of drug-likeness (QED) is 0.851. The van der Waals surface area contributed by atoms with Crippen LogP contribution in [0.15, 0.2) is 52.2 Å². The Morgan fingerprint density at radius 1 is 1.14 bits per heavy atom. The Balaban J connectivity index is 1.70. The van der Waals surface area contributed by atoms with Gasteiger partial charge in [0.25, 0.3) is 10.0 Å². The van der Waals surface area contributed by atoms with Gasteiger partial charge in [-0.15, -0.1) is 0 Å². The van der Waals surface area contributed by atoms with Crippen LogP contribution in [0.3, 0.4) is 0 Å². The normalized spacial score (nSPS) is 25.5. The number of fused-ring (bicyclic) bond motifs is 2. The Labute approximate surface area is 129 Å². The maximum absolute atomic E-state index is 12.7. The van der Waals surface area contributed by atoms with Gasteiger partial charge in [0.2, 0.25) is 5.09 Å². The molecular weight excluding hydrogens is 302 g/mol. The summed E-state index contributed by atoms with van der Waals surface area (Å²) in [5.74, 6) is 0. The summed E-state index contributed by atoms with van der Waals surface area (Å²) in [4.78, 5) is 0. The summed E-state index contributed by atoms with van der Waals surface area (Å²) in [6, 6.07) is 11.2. The standard InChI is InChI=1S/C16H17NO4S/c18-22(19,15-6-3-10-20-15)17-9-11-21-16(12-17)8-7-13-4-1-2-5-14(13)16/h1-6,10H,7-9,11-12H2/t16-/m0/s1. The molecule has 0 amide bonds. The van der Waals surface area contributed by atoms with Crippen LogP contribution in [0.4, 0.5) is 0 Å². The van der Waals surface area contributed by atoms with Crippen molar-refractivity contribution in [2.45, 2.75) is 23.5 Å². The molecule has 5 nitrogen and oxygen atoms in total. The second-order valence-corrected chi connectivity index (χ2v) is 7.64. The lowest BCUT2D eigenvalue weighted by atomic mass is 9.94. The number of hydrogen-bond acceptors (Lipinski definition) is 4. The molecule has 0 N–H and O–H groups in total. The first-order chi connectivity index (χ1) is 10.6. The monoisotopic (exact) mass is 319 g/mol. The molecule has 1 aliphatic heterocycles. The Kier molecular flexibility index (Phi) is 3.14. The van der Waals surface area contributed by atoms with E-state index in [2.05, 4.69) is 6.07 Å². The third-order valence-corrected chi connectivity index (χ3v) is 6.28. The van der Waals surface area contributed by atoms with Gasteiger partial charge in [0.05, 0.1) is 12.9 Å². The number of nitrogens with zero attached hydrogens (tertiary/aromatic N) is 1. The molecule has 1 saturated heterocycles. The van der Waals surface area contributed by atoms with Gasteiger partial charge < -0.3 is 9.15 Å². The molecule has 1 aromatic carbocycles. The first-order valence-corrected chi connectivity index (χ1v) is 8.82. The minimum atomic E-state index is -3.60. The number of sulfonamides is 1. The molecule has 0 unspecified atom stereocenters. The fourth-order valence-corrected chi connectivity index (χ4v) is 4.84. The van der Waals surface area contributed by atoms with E-state index in [0.717, 1.165) is 18.4 Å². The van der Waals surface area contributed by atoms with Crippen LogP contribution in [0.25, 0.3) is 0 Å².